The van der Waals surface area contributed by atoms with Gasteiger partial charge in [-0.1, -0.05) is 19.4 Å². The minimum Gasteiger partial charge on any atom is -0.493 e. The molecule has 1 aliphatic carbocycles. The molecule has 0 atom stereocenters. The molecule has 0 heterocycles. The van der Waals surface area contributed by atoms with Crippen LogP contribution >= 0.6 is 0 Å². The summed E-state index contributed by atoms with van der Waals surface area (Å²) < 4.78 is 5.58. The molecule has 1 saturated carbocycles. The van der Waals surface area contributed by atoms with Crippen LogP contribution in [0.15, 0.2) is 24.3 Å². The standard InChI is InChI=1S/C16H24N2O2/c1-2-3-10-18(14-7-8-14)16(19)9-11-20-15-6-4-5-13(17)12-15/h4-6,12,14H,2-3,7-11,17H2,1H3. The monoisotopic (exact) mass is 276 g/mol. The van der Waals surface area contributed by atoms with Crippen molar-refractivity contribution in [3.63, 3.8) is 0 Å². The number of ether oxygens (including phenoxy) is 1. The summed E-state index contributed by atoms with van der Waals surface area (Å²) in [4.78, 5) is 14.2. The van der Waals surface area contributed by atoms with Crippen molar-refractivity contribution in [2.24, 2.45) is 0 Å². The van der Waals surface area contributed by atoms with Crippen molar-refractivity contribution in [1.29, 1.82) is 0 Å². The number of nitrogens with zero attached hydrogens (tertiary/aromatic N) is 1. The van der Waals surface area contributed by atoms with Crippen molar-refractivity contribution < 1.29 is 9.53 Å². The number of hydrogen-bond acceptors (Lipinski definition) is 3. The fourth-order valence-electron chi connectivity index (χ4n) is 2.23. The summed E-state index contributed by atoms with van der Waals surface area (Å²) in [5.74, 6) is 0.939. The third-order valence-corrected chi connectivity index (χ3v) is 3.50. The number of nitrogen functional groups attached to an aromatic ring is 1. The lowest BCUT2D eigenvalue weighted by Crippen LogP contribution is -2.34. The lowest BCUT2D eigenvalue weighted by Gasteiger charge is -2.22. The first-order valence-corrected chi connectivity index (χ1v) is 7.48. The first-order chi connectivity index (χ1) is 9.70. The lowest BCUT2D eigenvalue weighted by atomic mass is 10.2. The van der Waals surface area contributed by atoms with E-state index < -0.39 is 0 Å². The molecule has 2 N–H and O–H groups in total. The number of hydrogen-bond donors (Lipinski definition) is 1. The van der Waals surface area contributed by atoms with Gasteiger partial charge < -0.3 is 15.4 Å². The van der Waals surface area contributed by atoms with Crippen LogP contribution in [0.25, 0.3) is 0 Å². The summed E-state index contributed by atoms with van der Waals surface area (Å²) in [6, 6.07) is 7.79. The van der Waals surface area contributed by atoms with Gasteiger partial charge in [-0.2, -0.15) is 0 Å². The molecule has 1 aliphatic rings. The first-order valence-electron chi connectivity index (χ1n) is 7.48. The van der Waals surface area contributed by atoms with Crippen LogP contribution in [0.4, 0.5) is 5.69 Å². The summed E-state index contributed by atoms with van der Waals surface area (Å²) in [6.07, 6.45) is 4.96. The van der Waals surface area contributed by atoms with Crippen LogP contribution in [-0.2, 0) is 4.79 Å². The quantitative estimate of drug-likeness (QED) is 0.743. The van der Waals surface area contributed by atoms with E-state index in [2.05, 4.69) is 6.92 Å². The fourth-order valence-corrected chi connectivity index (χ4v) is 2.23. The summed E-state index contributed by atoms with van der Waals surface area (Å²) >= 11 is 0. The Hall–Kier alpha value is -1.71. The maximum Gasteiger partial charge on any atom is 0.226 e. The van der Waals surface area contributed by atoms with Crippen LogP contribution in [0.2, 0.25) is 0 Å². The highest BCUT2D eigenvalue weighted by Crippen LogP contribution is 2.27. The van der Waals surface area contributed by atoms with Crippen molar-refractivity contribution in [2.75, 3.05) is 18.9 Å². The second-order valence-corrected chi connectivity index (χ2v) is 5.34. The minimum absolute atomic E-state index is 0.213. The van der Waals surface area contributed by atoms with Crippen LogP contribution in [0, 0.1) is 0 Å². The van der Waals surface area contributed by atoms with Crippen LogP contribution < -0.4 is 10.5 Å². The highest BCUT2D eigenvalue weighted by molar-refractivity contribution is 5.77. The predicted molar refractivity (Wildman–Crippen MR) is 80.6 cm³/mol. The van der Waals surface area contributed by atoms with Crippen molar-refractivity contribution in [2.45, 2.75) is 45.1 Å². The van der Waals surface area contributed by atoms with E-state index in [0.717, 1.165) is 38.0 Å². The zero-order valence-corrected chi connectivity index (χ0v) is 12.2. The molecule has 1 aromatic rings. The average Bonchev–Trinajstić information content (AvgIpc) is 3.24. The molecular formula is C16H24N2O2. The van der Waals surface area contributed by atoms with E-state index >= 15 is 0 Å². The summed E-state index contributed by atoms with van der Waals surface area (Å²) in [7, 11) is 0. The van der Waals surface area contributed by atoms with Gasteiger partial charge in [0.05, 0.1) is 13.0 Å². The Morgan fingerprint density at radius 2 is 2.25 bits per heavy atom. The molecule has 1 fully saturated rings. The SMILES string of the molecule is CCCCN(C(=O)CCOc1cccc(N)c1)C1CC1. The van der Waals surface area contributed by atoms with Gasteiger partial charge in [0, 0.05) is 24.3 Å². The molecule has 0 aromatic heterocycles. The van der Waals surface area contributed by atoms with E-state index in [1.165, 1.54) is 0 Å². The normalized spacial score (nSPS) is 14.1. The number of amides is 1. The van der Waals surface area contributed by atoms with Gasteiger partial charge in [-0.3, -0.25) is 4.79 Å². The van der Waals surface area contributed by atoms with Gasteiger partial charge >= 0.3 is 0 Å². The van der Waals surface area contributed by atoms with Crippen molar-refractivity contribution in [3.05, 3.63) is 24.3 Å². The number of unbranched alkanes of at least 4 members (excludes halogenated alkanes) is 1. The molecule has 0 aliphatic heterocycles. The largest absolute Gasteiger partial charge is 0.493 e. The second-order valence-electron chi connectivity index (χ2n) is 5.34. The Morgan fingerprint density at radius 1 is 1.45 bits per heavy atom. The third-order valence-electron chi connectivity index (χ3n) is 3.50. The number of nitrogens with two attached hydrogens (primary N) is 1. The fraction of sp³-hybridized carbons (Fsp3) is 0.562. The molecule has 0 unspecified atom stereocenters. The van der Waals surface area contributed by atoms with Crippen LogP contribution in [0.3, 0.4) is 0 Å². The smallest absolute Gasteiger partial charge is 0.226 e. The Morgan fingerprint density at radius 3 is 2.90 bits per heavy atom. The third kappa shape index (κ3) is 4.44. The molecule has 1 amide bonds. The van der Waals surface area contributed by atoms with Crippen molar-refractivity contribution in [1.82, 2.24) is 4.90 Å². The van der Waals surface area contributed by atoms with Gasteiger partial charge in [0.15, 0.2) is 0 Å². The maximum absolute atomic E-state index is 12.2. The summed E-state index contributed by atoms with van der Waals surface area (Å²) in [5.41, 5.74) is 6.36. The summed E-state index contributed by atoms with van der Waals surface area (Å²) in [6.45, 7) is 3.45. The highest BCUT2D eigenvalue weighted by atomic mass is 16.5. The topological polar surface area (TPSA) is 55.6 Å². The Kier molecular flexibility index (Phi) is 5.27. The van der Waals surface area contributed by atoms with Gasteiger partial charge in [-0.05, 0) is 31.4 Å². The van der Waals surface area contributed by atoms with Gasteiger partial charge in [-0.25, -0.2) is 0 Å². The number of carbonyl (C=O) groups is 1. The average molecular weight is 276 g/mol. The molecule has 110 valence electrons. The number of anilines is 1. The van der Waals surface area contributed by atoms with E-state index in [0.29, 0.717) is 24.8 Å². The van der Waals surface area contributed by atoms with Gasteiger partial charge in [-0.15, -0.1) is 0 Å². The van der Waals surface area contributed by atoms with Crippen molar-refractivity contribution in [3.8, 4) is 5.75 Å². The second kappa shape index (κ2) is 7.17. The molecule has 2 rings (SSSR count). The number of carbonyl (C=O) groups excluding carboxylic acids is 1. The van der Waals surface area contributed by atoms with E-state index in [-0.39, 0.29) is 5.91 Å². The van der Waals surface area contributed by atoms with Crippen molar-refractivity contribution >= 4 is 11.6 Å². The molecule has 4 nitrogen and oxygen atoms in total. The zero-order valence-electron chi connectivity index (χ0n) is 12.2. The first kappa shape index (κ1) is 14.7. The zero-order chi connectivity index (χ0) is 14.4. The number of rotatable bonds is 8. The lowest BCUT2D eigenvalue weighted by molar-refractivity contribution is -0.132. The van der Waals surface area contributed by atoms with E-state index in [9.17, 15) is 4.79 Å². The Bertz CT molecular complexity index is 444. The molecule has 0 saturated heterocycles. The van der Waals surface area contributed by atoms with Gasteiger partial charge in [0.1, 0.15) is 5.75 Å². The molecular weight excluding hydrogens is 252 g/mol. The minimum atomic E-state index is 0.213. The Balaban J connectivity index is 1.75. The van der Waals surface area contributed by atoms with Gasteiger partial charge in [0.25, 0.3) is 0 Å². The van der Waals surface area contributed by atoms with Crippen LogP contribution in [0.1, 0.15) is 39.0 Å². The predicted octanol–water partition coefficient (Wildman–Crippen LogP) is 2.83. The van der Waals surface area contributed by atoms with E-state index in [4.69, 9.17) is 10.5 Å². The molecule has 0 radical (unpaired) electrons. The summed E-state index contributed by atoms with van der Waals surface area (Å²) in [5, 5.41) is 0. The number of benzene rings is 1. The molecule has 1 aromatic carbocycles. The maximum atomic E-state index is 12.2. The van der Waals surface area contributed by atoms with E-state index in [1.54, 1.807) is 6.07 Å². The van der Waals surface area contributed by atoms with Crippen LogP contribution in [0.5, 0.6) is 5.75 Å². The van der Waals surface area contributed by atoms with Gasteiger partial charge in [0.2, 0.25) is 5.91 Å². The molecule has 0 bridgehead atoms. The Labute approximate surface area is 120 Å². The van der Waals surface area contributed by atoms with Crippen LogP contribution in [-0.4, -0.2) is 30.0 Å². The molecule has 20 heavy (non-hydrogen) atoms. The van der Waals surface area contributed by atoms with E-state index in [1.807, 2.05) is 23.1 Å². The molecule has 4 heteroatoms. The highest BCUT2D eigenvalue weighted by Gasteiger charge is 2.31. The molecule has 0 spiro atoms.